The minimum absolute atomic E-state index is 0.00932. The van der Waals surface area contributed by atoms with E-state index in [2.05, 4.69) is 22.9 Å². The Morgan fingerprint density at radius 3 is 2.84 bits per heavy atom. The highest BCUT2D eigenvalue weighted by Gasteiger charge is 2.11. The zero-order chi connectivity index (χ0) is 13.7. The first kappa shape index (κ1) is 14.2. The number of benzene rings is 1. The van der Waals surface area contributed by atoms with E-state index in [1.165, 1.54) is 4.88 Å². The average Bonchev–Trinajstić information content (AvgIpc) is 2.91. The Kier molecular flexibility index (Phi) is 5.07. The molecule has 0 bridgehead atoms. The molecule has 1 atom stereocenters. The Balaban J connectivity index is 1.93. The number of aryl methyl sites for hydroxylation is 2. The van der Waals surface area contributed by atoms with Gasteiger partial charge in [0.2, 0.25) is 0 Å². The highest BCUT2D eigenvalue weighted by Crippen LogP contribution is 2.22. The van der Waals surface area contributed by atoms with Crippen molar-refractivity contribution in [1.29, 1.82) is 0 Å². The van der Waals surface area contributed by atoms with Crippen LogP contribution in [0.4, 0.5) is 4.39 Å². The van der Waals surface area contributed by atoms with E-state index in [1.807, 2.05) is 6.07 Å². The van der Waals surface area contributed by atoms with Gasteiger partial charge in [-0.15, -0.1) is 11.3 Å². The van der Waals surface area contributed by atoms with Gasteiger partial charge in [-0.25, -0.2) is 4.39 Å². The predicted molar refractivity (Wildman–Crippen MR) is 78.5 cm³/mol. The van der Waals surface area contributed by atoms with Crippen LogP contribution in [0.2, 0.25) is 0 Å². The van der Waals surface area contributed by atoms with Gasteiger partial charge >= 0.3 is 0 Å². The van der Waals surface area contributed by atoms with Gasteiger partial charge in [0.25, 0.3) is 0 Å². The van der Waals surface area contributed by atoms with E-state index in [4.69, 9.17) is 5.84 Å². The van der Waals surface area contributed by atoms with E-state index in [1.54, 1.807) is 30.4 Å². The first-order chi connectivity index (χ1) is 9.20. The number of thiophene rings is 1. The summed E-state index contributed by atoms with van der Waals surface area (Å²) in [5.74, 6) is 5.41. The van der Waals surface area contributed by atoms with Crippen molar-refractivity contribution in [3.63, 3.8) is 0 Å². The average molecular weight is 278 g/mol. The minimum Gasteiger partial charge on any atom is -0.271 e. The molecule has 0 radical (unpaired) electrons. The van der Waals surface area contributed by atoms with Crippen LogP contribution in [0.5, 0.6) is 0 Å². The lowest BCUT2D eigenvalue weighted by Gasteiger charge is -2.16. The van der Waals surface area contributed by atoms with Crippen LogP contribution in [0, 0.1) is 12.7 Å². The standard InChI is InChI=1S/C15H19FN2S/c1-11-7-8-12(10-14(11)16)15(18-17)6-2-4-13-5-3-9-19-13/h3,5,7-10,15,18H,2,4,6,17H2,1H3. The van der Waals surface area contributed by atoms with Gasteiger partial charge in [0.1, 0.15) is 5.82 Å². The molecule has 2 aromatic rings. The molecule has 19 heavy (non-hydrogen) atoms. The Labute approximate surface area is 117 Å². The molecule has 102 valence electrons. The molecule has 2 nitrogen and oxygen atoms in total. The maximum Gasteiger partial charge on any atom is 0.126 e. The van der Waals surface area contributed by atoms with E-state index in [9.17, 15) is 4.39 Å². The molecule has 0 saturated heterocycles. The van der Waals surface area contributed by atoms with Crippen LogP contribution in [-0.4, -0.2) is 0 Å². The lowest BCUT2D eigenvalue weighted by Crippen LogP contribution is -2.28. The third kappa shape index (κ3) is 3.86. The van der Waals surface area contributed by atoms with E-state index < -0.39 is 0 Å². The number of halogens is 1. The molecule has 0 fully saturated rings. The predicted octanol–water partition coefficient (Wildman–Crippen LogP) is 3.72. The number of nitrogens with two attached hydrogens (primary N) is 1. The van der Waals surface area contributed by atoms with Crippen molar-refractivity contribution in [2.45, 2.75) is 32.2 Å². The highest BCUT2D eigenvalue weighted by atomic mass is 32.1. The zero-order valence-electron chi connectivity index (χ0n) is 11.0. The molecule has 0 saturated carbocycles. The van der Waals surface area contributed by atoms with Crippen LogP contribution in [0.1, 0.15) is 34.9 Å². The first-order valence-electron chi connectivity index (χ1n) is 6.45. The fourth-order valence-electron chi connectivity index (χ4n) is 2.11. The molecule has 1 aromatic heterocycles. The second-order valence-electron chi connectivity index (χ2n) is 4.70. The monoisotopic (exact) mass is 278 g/mol. The van der Waals surface area contributed by atoms with Crippen LogP contribution < -0.4 is 11.3 Å². The van der Waals surface area contributed by atoms with Gasteiger partial charge in [-0.1, -0.05) is 18.2 Å². The molecule has 0 aliphatic heterocycles. The quantitative estimate of drug-likeness (QED) is 0.624. The fourth-order valence-corrected chi connectivity index (χ4v) is 2.86. The largest absolute Gasteiger partial charge is 0.271 e. The molecule has 1 heterocycles. The molecule has 0 aliphatic carbocycles. The van der Waals surface area contributed by atoms with Crippen molar-refractivity contribution in [1.82, 2.24) is 5.43 Å². The van der Waals surface area contributed by atoms with Crippen molar-refractivity contribution < 1.29 is 4.39 Å². The van der Waals surface area contributed by atoms with Crippen LogP contribution in [-0.2, 0) is 6.42 Å². The summed E-state index contributed by atoms with van der Waals surface area (Å²) in [7, 11) is 0. The summed E-state index contributed by atoms with van der Waals surface area (Å²) in [6.45, 7) is 1.76. The molecule has 1 aromatic carbocycles. The molecular formula is C15H19FN2S. The van der Waals surface area contributed by atoms with Gasteiger partial charge < -0.3 is 0 Å². The maximum atomic E-state index is 13.6. The molecule has 3 N–H and O–H groups in total. The fraction of sp³-hybridized carbons (Fsp3) is 0.333. The van der Waals surface area contributed by atoms with Crippen LogP contribution in [0.15, 0.2) is 35.7 Å². The highest BCUT2D eigenvalue weighted by molar-refractivity contribution is 7.09. The van der Waals surface area contributed by atoms with Crippen molar-refractivity contribution in [3.05, 3.63) is 57.5 Å². The van der Waals surface area contributed by atoms with Crippen molar-refractivity contribution >= 4 is 11.3 Å². The lowest BCUT2D eigenvalue weighted by molar-refractivity contribution is 0.495. The lowest BCUT2D eigenvalue weighted by atomic mass is 10.00. The summed E-state index contributed by atoms with van der Waals surface area (Å²) >= 11 is 1.77. The first-order valence-corrected chi connectivity index (χ1v) is 7.33. The van der Waals surface area contributed by atoms with E-state index in [0.29, 0.717) is 5.56 Å². The molecule has 1 unspecified atom stereocenters. The summed E-state index contributed by atoms with van der Waals surface area (Å²) in [5.41, 5.74) is 4.36. The Bertz CT molecular complexity index is 511. The number of hydrogen-bond acceptors (Lipinski definition) is 3. The van der Waals surface area contributed by atoms with Crippen LogP contribution >= 0.6 is 11.3 Å². The summed E-state index contributed by atoms with van der Waals surface area (Å²) in [5, 5.41) is 2.09. The minimum atomic E-state index is -0.170. The van der Waals surface area contributed by atoms with Gasteiger partial charge in [-0.3, -0.25) is 11.3 Å². The van der Waals surface area contributed by atoms with Crippen molar-refractivity contribution in [2.75, 3.05) is 0 Å². The SMILES string of the molecule is Cc1ccc(C(CCCc2cccs2)NN)cc1F. The van der Waals surface area contributed by atoms with E-state index in [0.717, 1.165) is 24.8 Å². The summed E-state index contributed by atoms with van der Waals surface area (Å²) in [6, 6.07) is 9.53. The Morgan fingerprint density at radius 1 is 1.37 bits per heavy atom. The Morgan fingerprint density at radius 2 is 2.21 bits per heavy atom. The maximum absolute atomic E-state index is 13.6. The van der Waals surface area contributed by atoms with Gasteiger partial charge in [0.15, 0.2) is 0 Å². The molecule has 0 aliphatic rings. The molecule has 0 spiro atoms. The molecule has 4 heteroatoms. The van der Waals surface area contributed by atoms with Crippen molar-refractivity contribution in [3.8, 4) is 0 Å². The van der Waals surface area contributed by atoms with Gasteiger partial charge in [-0.05, 0) is 54.8 Å². The van der Waals surface area contributed by atoms with Gasteiger partial charge in [0.05, 0.1) is 0 Å². The van der Waals surface area contributed by atoms with E-state index in [-0.39, 0.29) is 11.9 Å². The van der Waals surface area contributed by atoms with Crippen LogP contribution in [0.3, 0.4) is 0 Å². The Hall–Kier alpha value is -1.23. The normalized spacial score (nSPS) is 12.6. The second kappa shape index (κ2) is 6.80. The summed E-state index contributed by atoms with van der Waals surface area (Å²) < 4.78 is 13.6. The number of nitrogens with one attached hydrogen (secondary N) is 1. The topological polar surface area (TPSA) is 38.0 Å². The number of hydrazine groups is 1. The summed E-state index contributed by atoms with van der Waals surface area (Å²) in [6.07, 6.45) is 2.98. The second-order valence-corrected chi connectivity index (χ2v) is 5.73. The third-order valence-electron chi connectivity index (χ3n) is 3.30. The van der Waals surface area contributed by atoms with Crippen LogP contribution in [0.25, 0.3) is 0 Å². The smallest absolute Gasteiger partial charge is 0.126 e. The molecule has 2 rings (SSSR count). The molecular weight excluding hydrogens is 259 g/mol. The third-order valence-corrected chi connectivity index (χ3v) is 4.23. The number of rotatable bonds is 6. The van der Waals surface area contributed by atoms with Gasteiger partial charge in [-0.2, -0.15) is 0 Å². The van der Waals surface area contributed by atoms with E-state index >= 15 is 0 Å². The number of hydrogen-bond donors (Lipinski definition) is 2. The zero-order valence-corrected chi connectivity index (χ0v) is 11.8. The summed E-state index contributed by atoms with van der Waals surface area (Å²) in [4.78, 5) is 1.38. The van der Waals surface area contributed by atoms with Gasteiger partial charge in [0, 0.05) is 10.9 Å². The van der Waals surface area contributed by atoms with Crippen molar-refractivity contribution in [2.24, 2.45) is 5.84 Å². The molecule has 0 amide bonds.